The van der Waals surface area contributed by atoms with Gasteiger partial charge >= 0.3 is 11.9 Å². The van der Waals surface area contributed by atoms with Gasteiger partial charge in [-0.05, 0) is 19.8 Å². The van der Waals surface area contributed by atoms with Crippen molar-refractivity contribution in [2.24, 2.45) is 0 Å². The molecule has 0 aliphatic rings. The average Bonchev–Trinajstić information content (AvgIpc) is 2.59. The van der Waals surface area contributed by atoms with E-state index >= 15 is 0 Å². The third kappa shape index (κ3) is 8.96. The number of imide groups is 1. The first-order chi connectivity index (χ1) is 12.4. The van der Waals surface area contributed by atoms with Crippen molar-refractivity contribution in [2.75, 3.05) is 0 Å². The van der Waals surface area contributed by atoms with E-state index in [4.69, 9.17) is 9.84 Å². The van der Waals surface area contributed by atoms with Crippen molar-refractivity contribution in [3.05, 3.63) is 36.6 Å². The van der Waals surface area contributed by atoms with Crippen LogP contribution in [0.25, 0.3) is 0 Å². The molecule has 7 nitrogen and oxygen atoms in total. The molecule has 0 aromatic carbocycles. The van der Waals surface area contributed by atoms with E-state index in [0.717, 1.165) is 6.26 Å². The number of aliphatic carboxylic acids is 1. The molecule has 0 saturated carbocycles. The van der Waals surface area contributed by atoms with Gasteiger partial charge in [0.15, 0.2) is 0 Å². The van der Waals surface area contributed by atoms with Gasteiger partial charge in [0, 0.05) is 12.8 Å². The summed E-state index contributed by atoms with van der Waals surface area (Å²) in [4.78, 5) is 49.1. The first-order valence-electron chi connectivity index (χ1n) is 8.57. The molecule has 0 bridgehead atoms. The zero-order valence-electron chi connectivity index (χ0n) is 15.5. The van der Waals surface area contributed by atoms with Gasteiger partial charge in [-0.3, -0.25) is 19.3 Å². The molecule has 0 aromatic rings. The molecule has 0 aliphatic carbocycles. The predicted molar refractivity (Wildman–Crippen MR) is 96.9 cm³/mol. The fourth-order valence-electron chi connectivity index (χ4n) is 2.04. The largest absolute Gasteiger partial charge is 0.481 e. The van der Waals surface area contributed by atoms with Crippen molar-refractivity contribution in [1.29, 1.82) is 0 Å². The van der Waals surface area contributed by atoms with E-state index in [1.54, 1.807) is 31.2 Å². The summed E-state index contributed by atoms with van der Waals surface area (Å²) >= 11 is 0. The Morgan fingerprint density at radius 3 is 1.85 bits per heavy atom. The average molecular weight is 365 g/mol. The number of hydrogen-bond acceptors (Lipinski definition) is 5. The molecule has 1 N–H and O–H groups in total. The number of hydrogen-bond donors (Lipinski definition) is 1. The fraction of sp³-hybridized carbons (Fsp3) is 0.474. The van der Waals surface area contributed by atoms with Crippen LogP contribution in [0.2, 0.25) is 0 Å². The van der Waals surface area contributed by atoms with Gasteiger partial charge in [0.2, 0.25) is 11.8 Å². The van der Waals surface area contributed by atoms with E-state index in [1.807, 2.05) is 13.8 Å². The molecule has 2 amide bonds. The van der Waals surface area contributed by atoms with Gasteiger partial charge in [0.05, 0.1) is 12.7 Å². The molecule has 0 aliphatic heterocycles. The van der Waals surface area contributed by atoms with Gasteiger partial charge in [0.1, 0.15) is 6.04 Å². The number of rotatable bonds is 11. The molecule has 1 atom stereocenters. The van der Waals surface area contributed by atoms with Gasteiger partial charge in [0.25, 0.3) is 0 Å². The Balaban J connectivity index is 5.67. The third-order valence-corrected chi connectivity index (χ3v) is 3.20. The molecule has 144 valence electrons. The van der Waals surface area contributed by atoms with Crippen LogP contribution in [0.4, 0.5) is 0 Å². The van der Waals surface area contributed by atoms with E-state index in [-0.39, 0.29) is 12.8 Å². The van der Waals surface area contributed by atoms with Crippen molar-refractivity contribution in [3.8, 4) is 0 Å². The molecular weight excluding hydrogens is 338 g/mol. The van der Waals surface area contributed by atoms with Gasteiger partial charge < -0.3 is 9.84 Å². The van der Waals surface area contributed by atoms with Crippen molar-refractivity contribution >= 4 is 23.8 Å². The first-order valence-corrected chi connectivity index (χ1v) is 8.57. The highest BCUT2D eigenvalue weighted by Crippen LogP contribution is 2.13. The summed E-state index contributed by atoms with van der Waals surface area (Å²) < 4.78 is 4.82. The Bertz CT molecular complexity index is 549. The lowest BCUT2D eigenvalue weighted by molar-refractivity contribution is -0.160. The summed E-state index contributed by atoms with van der Waals surface area (Å²) in [5.41, 5.74) is 0. The van der Waals surface area contributed by atoms with Crippen LogP contribution < -0.4 is 0 Å². The summed E-state index contributed by atoms with van der Waals surface area (Å²) in [5, 5.41) is 9.10. The molecular formula is C19H27NO6. The summed E-state index contributed by atoms with van der Waals surface area (Å²) in [7, 11) is 0. The van der Waals surface area contributed by atoms with Gasteiger partial charge in [-0.25, -0.2) is 4.79 Å². The third-order valence-electron chi connectivity index (χ3n) is 3.20. The van der Waals surface area contributed by atoms with Crippen LogP contribution in [0.15, 0.2) is 36.6 Å². The van der Waals surface area contributed by atoms with E-state index in [0.29, 0.717) is 17.7 Å². The molecule has 0 heterocycles. The highest BCUT2D eigenvalue weighted by atomic mass is 16.5. The minimum Gasteiger partial charge on any atom is -0.481 e. The number of ether oxygens (including phenoxy) is 1. The van der Waals surface area contributed by atoms with Crippen LogP contribution in [0.5, 0.6) is 0 Å². The van der Waals surface area contributed by atoms with Crippen LogP contribution >= 0.6 is 0 Å². The maximum absolute atomic E-state index is 12.5. The lowest BCUT2D eigenvalue weighted by atomic mass is 10.1. The van der Waals surface area contributed by atoms with Crippen LogP contribution in [-0.2, 0) is 23.9 Å². The van der Waals surface area contributed by atoms with Crippen molar-refractivity contribution < 1.29 is 29.0 Å². The molecule has 0 fully saturated rings. The second-order valence-corrected chi connectivity index (χ2v) is 5.34. The Kier molecular flexibility index (Phi) is 12.2. The zero-order valence-corrected chi connectivity index (χ0v) is 15.5. The van der Waals surface area contributed by atoms with Crippen LogP contribution in [0, 0.1) is 0 Å². The van der Waals surface area contributed by atoms with Crippen LogP contribution in [0.1, 0.15) is 52.9 Å². The molecule has 0 spiro atoms. The molecule has 1 unspecified atom stereocenters. The quantitative estimate of drug-likeness (QED) is 0.343. The lowest BCUT2D eigenvalue weighted by Crippen LogP contribution is -2.49. The topological polar surface area (TPSA) is 101 Å². The number of carbonyl (C=O) groups excluding carboxylic acids is 3. The van der Waals surface area contributed by atoms with Crippen LogP contribution in [-0.4, -0.2) is 39.8 Å². The molecule has 0 rings (SSSR count). The van der Waals surface area contributed by atoms with Crippen molar-refractivity contribution in [1.82, 2.24) is 4.90 Å². The zero-order chi connectivity index (χ0) is 19.9. The normalized spacial score (nSPS) is 12.6. The number of nitrogens with zero attached hydrogens (tertiary/aromatic N) is 1. The molecule has 0 aromatic heterocycles. The second kappa shape index (κ2) is 13.6. The monoisotopic (exact) mass is 365 g/mol. The maximum Gasteiger partial charge on any atom is 0.334 e. The van der Waals surface area contributed by atoms with Gasteiger partial charge in [-0.15, -0.1) is 0 Å². The summed E-state index contributed by atoms with van der Waals surface area (Å²) in [6.45, 7) is 5.39. The number of carboxylic acids is 1. The Hall–Kier alpha value is -2.70. The van der Waals surface area contributed by atoms with E-state index < -0.39 is 36.2 Å². The minimum absolute atomic E-state index is 0.107. The van der Waals surface area contributed by atoms with Gasteiger partial charge in [-0.1, -0.05) is 44.2 Å². The van der Waals surface area contributed by atoms with E-state index in [1.165, 1.54) is 6.08 Å². The standard InChI is InChI=1S/C19H27NO6/c1-4-7-9-11-16(21)20(17(22)12-10-8-5-2)15(14-18(23)24)19(25)26-13-6-3/h6-10,13,15H,4-5,11-12,14H2,1-3H3,(H,23,24)/b9-7+,10-8+,13-6+. The Labute approximate surface area is 154 Å². The predicted octanol–water partition coefficient (Wildman–Crippen LogP) is 2.97. The number of carboxylic acid groups (broad SMARTS) is 1. The van der Waals surface area contributed by atoms with E-state index in [2.05, 4.69) is 0 Å². The summed E-state index contributed by atoms with van der Waals surface area (Å²) in [6.07, 6.45) is 9.68. The Morgan fingerprint density at radius 1 is 0.962 bits per heavy atom. The summed E-state index contributed by atoms with van der Waals surface area (Å²) in [6, 6.07) is -1.52. The first kappa shape index (κ1) is 23.3. The SMILES string of the molecule is C/C=C/OC(=O)C(CC(=O)O)N(C(=O)C/C=C/CC)C(=O)C/C=C/CC. The number of allylic oxidation sites excluding steroid dienone is 3. The number of esters is 1. The lowest BCUT2D eigenvalue weighted by Gasteiger charge is -2.26. The number of carbonyl (C=O) groups is 4. The molecule has 7 heteroatoms. The fourth-order valence-corrected chi connectivity index (χ4v) is 2.04. The van der Waals surface area contributed by atoms with Gasteiger partial charge in [-0.2, -0.15) is 0 Å². The highest BCUT2D eigenvalue weighted by molar-refractivity contribution is 6.01. The number of amides is 2. The smallest absolute Gasteiger partial charge is 0.334 e. The highest BCUT2D eigenvalue weighted by Gasteiger charge is 2.36. The minimum atomic E-state index is -1.52. The van der Waals surface area contributed by atoms with Crippen molar-refractivity contribution in [2.45, 2.75) is 58.9 Å². The van der Waals surface area contributed by atoms with E-state index in [9.17, 15) is 19.2 Å². The maximum atomic E-state index is 12.5. The summed E-state index contributed by atoms with van der Waals surface area (Å²) in [5.74, 6) is -3.57. The molecule has 26 heavy (non-hydrogen) atoms. The molecule has 0 saturated heterocycles. The van der Waals surface area contributed by atoms with Crippen LogP contribution in [0.3, 0.4) is 0 Å². The van der Waals surface area contributed by atoms with Crippen molar-refractivity contribution in [3.63, 3.8) is 0 Å². The molecule has 0 radical (unpaired) electrons. The second-order valence-electron chi connectivity index (χ2n) is 5.34. The Morgan fingerprint density at radius 2 is 1.46 bits per heavy atom.